The number of carbonyl (C=O) groups is 1. The van der Waals surface area contributed by atoms with Crippen LogP contribution in [0.5, 0.6) is 0 Å². The molecule has 0 radical (unpaired) electrons. The molecule has 1 aliphatic carbocycles. The van der Waals surface area contributed by atoms with Gasteiger partial charge in [-0.1, -0.05) is 0 Å². The lowest BCUT2D eigenvalue weighted by Crippen LogP contribution is -2.41. The molecule has 1 atom stereocenters. The molecule has 1 saturated carbocycles. The number of fused-ring (bicyclic) bond motifs is 1. The van der Waals surface area contributed by atoms with E-state index >= 15 is 0 Å². The van der Waals surface area contributed by atoms with Crippen molar-refractivity contribution >= 4 is 28.6 Å². The van der Waals surface area contributed by atoms with Gasteiger partial charge in [0.05, 0.1) is 18.8 Å². The third kappa shape index (κ3) is 2.16. The Hall–Kier alpha value is -0.630. The van der Waals surface area contributed by atoms with Gasteiger partial charge in [-0.15, -0.1) is 0 Å². The Bertz CT molecular complexity index is 482. The molecule has 0 spiro atoms. The summed E-state index contributed by atoms with van der Waals surface area (Å²) in [7, 11) is 0. The van der Waals surface area contributed by atoms with E-state index in [1.165, 1.54) is 12.8 Å². The number of aromatic nitrogens is 2. The van der Waals surface area contributed by atoms with Crippen molar-refractivity contribution in [1.82, 2.24) is 15.1 Å². The largest absolute Gasteiger partial charge is 0.462 e. The Labute approximate surface area is 119 Å². The van der Waals surface area contributed by atoms with Crippen LogP contribution in [0, 0.1) is 9.62 Å². The van der Waals surface area contributed by atoms with Gasteiger partial charge in [-0.3, -0.25) is 4.68 Å². The van der Waals surface area contributed by atoms with E-state index in [0.29, 0.717) is 24.8 Å². The number of carbonyl (C=O) groups excluding carboxylic acids is 1. The SMILES string of the molecule is CCOC(=O)c1c(I)nn2c1CNC(C1CC1)C2. The van der Waals surface area contributed by atoms with Crippen LogP contribution in [0.4, 0.5) is 0 Å². The Morgan fingerprint density at radius 1 is 1.61 bits per heavy atom. The number of nitrogens with one attached hydrogen (secondary N) is 1. The Kier molecular flexibility index (Phi) is 3.31. The van der Waals surface area contributed by atoms with Crippen LogP contribution in [0.2, 0.25) is 0 Å². The van der Waals surface area contributed by atoms with Crippen molar-refractivity contribution in [2.75, 3.05) is 6.61 Å². The number of esters is 1. The van der Waals surface area contributed by atoms with Crippen molar-refractivity contribution in [3.63, 3.8) is 0 Å². The molecule has 6 heteroatoms. The van der Waals surface area contributed by atoms with Gasteiger partial charge in [0, 0.05) is 12.6 Å². The number of halogens is 1. The average molecular weight is 361 g/mol. The second kappa shape index (κ2) is 4.80. The van der Waals surface area contributed by atoms with E-state index in [2.05, 4.69) is 33.0 Å². The van der Waals surface area contributed by atoms with Crippen LogP contribution in [0.15, 0.2) is 0 Å². The first kappa shape index (κ1) is 12.4. The quantitative estimate of drug-likeness (QED) is 0.656. The van der Waals surface area contributed by atoms with E-state index in [4.69, 9.17) is 4.74 Å². The van der Waals surface area contributed by atoms with E-state index in [1.54, 1.807) is 0 Å². The highest BCUT2D eigenvalue weighted by Gasteiger charge is 2.36. The number of hydrogen-bond acceptors (Lipinski definition) is 4. The van der Waals surface area contributed by atoms with E-state index in [-0.39, 0.29) is 5.97 Å². The number of hydrogen-bond donors (Lipinski definition) is 1. The van der Waals surface area contributed by atoms with Gasteiger partial charge in [-0.2, -0.15) is 5.10 Å². The highest BCUT2D eigenvalue weighted by molar-refractivity contribution is 14.1. The summed E-state index contributed by atoms with van der Waals surface area (Å²) in [5.74, 6) is 0.542. The van der Waals surface area contributed by atoms with Crippen LogP contribution in [0.3, 0.4) is 0 Å². The zero-order chi connectivity index (χ0) is 12.7. The van der Waals surface area contributed by atoms with Crippen molar-refractivity contribution in [2.45, 2.75) is 38.9 Å². The summed E-state index contributed by atoms with van der Waals surface area (Å²) in [6, 6.07) is 0.517. The Morgan fingerprint density at radius 3 is 3.06 bits per heavy atom. The molecule has 2 heterocycles. The first-order valence-corrected chi connectivity index (χ1v) is 7.44. The summed E-state index contributed by atoms with van der Waals surface area (Å²) >= 11 is 2.12. The highest BCUT2D eigenvalue weighted by atomic mass is 127. The fourth-order valence-electron chi connectivity index (χ4n) is 2.49. The molecule has 5 nitrogen and oxygen atoms in total. The van der Waals surface area contributed by atoms with Gasteiger partial charge < -0.3 is 10.1 Å². The summed E-state index contributed by atoms with van der Waals surface area (Å²) in [6.45, 7) is 3.81. The van der Waals surface area contributed by atoms with Gasteiger partial charge in [0.25, 0.3) is 0 Å². The molecule has 0 saturated heterocycles. The minimum Gasteiger partial charge on any atom is -0.462 e. The van der Waals surface area contributed by atoms with Crippen molar-refractivity contribution in [3.05, 3.63) is 15.0 Å². The molecule has 1 aromatic rings. The van der Waals surface area contributed by atoms with Gasteiger partial charge in [0.1, 0.15) is 9.26 Å². The molecule has 18 heavy (non-hydrogen) atoms. The van der Waals surface area contributed by atoms with Crippen LogP contribution in [-0.4, -0.2) is 28.4 Å². The lowest BCUT2D eigenvalue weighted by molar-refractivity contribution is 0.0523. The maximum atomic E-state index is 11.9. The third-order valence-corrected chi connectivity index (χ3v) is 4.34. The maximum absolute atomic E-state index is 11.9. The molecule has 2 aliphatic rings. The number of rotatable bonds is 3. The Morgan fingerprint density at radius 2 is 2.39 bits per heavy atom. The first-order chi connectivity index (χ1) is 8.70. The fourth-order valence-corrected chi connectivity index (χ4v) is 3.29. The monoisotopic (exact) mass is 361 g/mol. The average Bonchev–Trinajstić information content (AvgIpc) is 3.11. The molecule has 1 unspecified atom stereocenters. The molecule has 1 N–H and O–H groups in total. The van der Waals surface area contributed by atoms with Crippen LogP contribution >= 0.6 is 22.6 Å². The minimum absolute atomic E-state index is 0.255. The van der Waals surface area contributed by atoms with Crippen molar-refractivity contribution in [2.24, 2.45) is 5.92 Å². The third-order valence-electron chi connectivity index (χ3n) is 3.59. The molecule has 98 valence electrons. The maximum Gasteiger partial charge on any atom is 0.342 e. The summed E-state index contributed by atoms with van der Waals surface area (Å²) < 4.78 is 7.82. The molecule has 0 amide bonds. The van der Waals surface area contributed by atoms with Crippen LogP contribution < -0.4 is 5.32 Å². The molecular weight excluding hydrogens is 345 g/mol. The van der Waals surface area contributed by atoms with Crippen molar-refractivity contribution < 1.29 is 9.53 Å². The summed E-state index contributed by atoms with van der Waals surface area (Å²) in [5.41, 5.74) is 1.61. The molecule has 1 fully saturated rings. The summed E-state index contributed by atoms with van der Waals surface area (Å²) in [6.07, 6.45) is 2.63. The smallest absolute Gasteiger partial charge is 0.342 e. The minimum atomic E-state index is -0.255. The predicted octanol–water partition coefficient (Wildman–Crippen LogP) is 1.55. The molecule has 3 rings (SSSR count). The Balaban J connectivity index is 1.87. The van der Waals surface area contributed by atoms with Crippen molar-refractivity contribution in [3.8, 4) is 0 Å². The van der Waals surface area contributed by atoms with E-state index in [9.17, 15) is 4.79 Å². The van der Waals surface area contributed by atoms with Gasteiger partial charge in [0.2, 0.25) is 0 Å². The zero-order valence-electron chi connectivity index (χ0n) is 10.3. The van der Waals surface area contributed by atoms with Gasteiger partial charge >= 0.3 is 5.97 Å². The second-order valence-corrected chi connectivity index (χ2v) is 5.86. The van der Waals surface area contributed by atoms with Crippen LogP contribution in [0.25, 0.3) is 0 Å². The van der Waals surface area contributed by atoms with Crippen LogP contribution in [0.1, 0.15) is 35.8 Å². The van der Waals surface area contributed by atoms with Gasteiger partial charge in [0.15, 0.2) is 0 Å². The summed E-state index contributed by atoms with van der Waals surface area (Å²) in [4.78, 5) is 11.9. The van der Waals surface area contributed by atoms with E-state index in [0.717, 1.165) is 21.9 Å². The normalized spacial score (nSPS) is 22.7. The molecular formula is C12H16IN3O2. The molecule has 1 aliphatic heterocycles. The lowest BCUT2D eigenvalue weighted by atomic mass is 10.1. The van der Waals surface area contributed by atoms with Crippen molar-refractivity contribution in [1.29, 1.82) is 0 Å². The van der Waals surface area contributed by atoms with E-state index in [1.807, 2.05) is 11.6 Å². The molecule has 0 aromatic carbocycles. The lowest BCUT2D eigenvalue weighted by Gasteiger charge is -2.25. The standard InChI is InChI=1S/C12H16IN3O2/c1-2-18-12(17)10-9-5-14-8(7-3-4-7)6-16(9)15-11(10)13/h7-8,14H,2-6H2,1H3. The topological polar surface area (TPSA) is 56.1 Å². The van der Waals surface area contributed by atoms with E-state index < -0.39 is 0 Å². The predicted molar refractivity (Wildman–Crippen MR) is 74.3 cm³/mol. The van der Waals surface area contributed by atoms with Gasteiger partial charge in [-0.25, -0.2) is 4.79 Å². The second-order valence-electron chi connectivity index (χ2n) is 4.84. The first-order valence-electron chi connectivity index (χ1n) is 6.36. The molecule has 1 aromatic heterocycles. The number of ether oxygens (including phenoxy) is 1. The molecule has 0 bridgehead atoms. The summed E-state index contributed by atoms with van der Waals surface area (Å²) in [5, 5.41) is 7.99. The van der Waals surface area contributed by atoms with Crippen LogP contribution in [-0.2, 0) is 17.8 Å². The fraction of sp³-hybridized carbons (Fsp3) is 0.667. The number of nitrogens with zero attached hydrogens (tertiary/aromatic N) is 2. The highest BCUT2D eigenvalue weighted by Crippen LogP contribution is 2.35. The van der Waals surface area contributed by atoms with Gasteiger partial charge in [-0.05, 0) is 48.3 Å². The zero-order valence-corrected chi connectivity index (χ0v) is 12.4.